The van der Waals surface area contributed by atoms with E-state index >= 15 is 0 Å². The maximum Gasteiger partial charge on any atom is 0.264 e. The van der Waals surface area contributed by atoms with Gasteiger partial charge in [0.25, 0.3) is 15.9 Å². The van der Waals surface area contributed by atoms with Crippen molar-refractivity contribution in [3.05, 3.63) is 89.5 Å². The van der Waals surface area contributed by atoms with Crippen molar-refractivity contribution in [3.63, 3.8) is 0 Å². The minimum atomic E-state index is -3.62. The van der Waals surface area contributed by atoms with E-state index in [2.05, 4.69) is 0 Å². The van der Waals surface area contributed by atoms with Gasteiger partial charge in [0, 0.05) is 25.7 Å². The molecule has 31 heavy (non-hydrogen) atoms. The fraction of sp³-hybridized carbons (Fsp3) is 0.208. The summed E-state index contributed by atoms with van der Waals surface area (Å²) >= 11 is 0. The SMILES string of the molecule is COc1ccc(CN(C)C(=O)c2ccc3c(c2)CCN3S(=O)(=O)c2ccccc2)cc1. The summed E-state index contributed by atoms with van der Waals surface area (Å²) < 4.78 is 32.6. The molecule has 0 radical (unpaired) electrons. The third-order valence-corrected chi connectivity index (χ3v) is 7.26. The number of hydrogen-bond donors (Lipinski definition) is 0. The van der Waals surface area contributed by atoms with Crippen LogP contribution in [-0.4, -0.2) is 39.9 Å². The van der Waals surface area contributed by atoms with Crippen molar-refractivity contribution in [2.75, 3.05) is 25.0 Å². The van der Waals surface area contributed by atoms with Crippen LogP contribution in [0.5, 0.6) is 5.75 Å². The third-order valence-electron chi connectivity index (χ3n) is 5.44. The molecular formula is C24H24N2O4S. The van der Waals surface area contributed by atoms with E-state index in [1.807, 2.05) is 30.3 Å². The highest BCUT2D eigenvalue weighted by Crippen LogP contribution is 2.33. The largest absolute Gasteiger partial charge is 0.497 e. The van der Waals surface area contributed by atoms with Crippen LogP contribution in [0.25, 0.3) is 0 Å². The zero-order valence-electron chi connectivity index (χ0n) is 17.5. The van der Waals surface area contributed by atoms with Gasteiger partial charge < -0.3 is 9.64 Å². The van der Waals surface area contributed by atoms with Gasteiger partial charge in [0.2, 0.25) is 0 Å². The van der Waals surface area contributed by atoms with E-state index in [-0.39, 0.29) is 10.8 Å². The first-order valence-electron chi connectivity index (χ1n) is 9.99. The molecule has 0 aromatic heterocycles. The minimum absolute atomic E-state index is 0.108. The van der Waals surface area contributed by atoms with E-state index in [0.29, 0.717) is 30.8 Å². The minimum Gasteiger partial charge on any atom is -0.497 e. The summed E-state index contributed by atoms with van der Waals surface area (Å²) in [5.41, 5.74) is 3.05. The Bertz CT molecular complexity index is 1190. The lowest BCUT2D eigenvalue weighted by Gasteiger charge is -2.20. The van der Waals surface area contributed by atoms with Gasteiger partial charge in [0.15, 0.2) is 0 Å². The number of sulfonamides is 1. The van der Waals surface area contributed by atoms with E-state index in [1.54, 1.807) is 61.5 Å². The average Bonchev–Trinajstić information content (AvgIpc) is 3.24. The number of carbonyl (C=O) groups is 1. The number of anilines is 1. The highest BCUT2D eigenvalue weighted by atomic mass is 32.2. The summed E-state index contributed by atoms with van der Waals surface area (Å²) in [5, 5.41) is 0. The summed E-state index contributed by atoms with van der Waals surface area (Å²) in [6.07, 6.45) is 0.574. The van der Waals surface area contributed by atoms with Crippen LogP contribution in [0.3, 0.4) is 0 Å². The molecule has 3 aromatic rings. The van der Waals surface area contributed by atoms with Crippen molar-refractivity contribution >= 4 is 21.6 Å². The van der Waals surface area contributed by atoms with Crippen molar-refractivity contribution in [2.45, 2.75) is 17.9 Å². The molecule has 160 valence electrons. The lowest BCUT2D eigenvalue weighted by Crippen LogP contribution is -2.29. The molecular weight excluding hydrogens is 412 g/mol. The van der Waals surface area contributed by atoms with Crippen LogP contribution in [0.4, 0.5) is 5.69 Å². The Morgan fingerprint density at radius 2 is 1.74 bits per heavy atom. The van der Waals surface area contributed by atoms with Gasteiger partial charge in [-0.05, 0) is 60.0 Å². The summed E-state index contributed by atoms with van der Waals surface area (Å²) in [7, 11) is -0.249. The molecule has 1 heterocycles. The number of benzene rings is 3. The molecule has 3 aromatic carbocycles. The molecule has 0 spiro atoms. The molecule has 0 saturated carbocycles. The van der Waals surface area contributed by atoms with Crippen LogP contribution in [0, 0.1) is 0 Å². The fourth-order valence-corrected chi connectivity index (χ4v) is 5.30. The molecule has 6 nitrogen and oxygen atoms in total. The van der Waals surface area contributed by atoms with E-state index < -0.39 is 10.0 Å². The second kappa shape index (κ2) is 8.43. The zero-order valence-corrected chi connectivity index (χ0v) is 18.3. The number of hydrogen-bond acceptors (Lipinski definition) is 4. The zero-order chi connectivity index (χ0) is 22.0. The van der Waals surface area contributed by atoms with Gasteiger partial charge in [-0.25, -0.2) is 8.42 Å². The smallest absolute Gasteiger partial charge is 0.264 e. The van der Waals surface area contributed by atoms with Crippen LogP contribution >= 0.6 is 0 Å². The Labute approximate surface area is 182 Å². The van der Waals surface area contributed by atoms with Crippen molar-refractivity contribution in [1.29, 1.82) is 0 Å². The highest BCUT2D eigenvalue weighted by Gasteiger charge is 2.31. The van der Waals surface area contributed by atoms with Gasteiger partial charge in [-0.15, -0.1) is 0 Å². The Balaban J connectivity index is 1.52. The number of rotatable bonds is 6. The molecule has 0 unspecified atom stereocenters. The van der Waals surface area contributed by atoms with E-state index in [1.165, 1.54) is 4.31 Å². The molecule has 0 N–H and O–H groups in total. The molecule has 0 aliphatic carbocycles. The van der Waals surface area contributed by atoms with Crippen LogP contribution in [0.15, 0.2) is 77.7 Å². The monoisotopic (exact) mass is 436 g/mol. The first-order chi connectivity index (χ1) is 14.9. The summed E-state index contributed by atoms with van der Waals surface area (Å²) in [4.78, 5) is 14.9. The number of amides is 1. The van der Waals surface area contributed by atoms with E-state index in [4.69, 9.17) is 4.74 Å². The molecule has 1 aliphatic rings. The van der Waals surface area contributed by atoms with Crippen LogP contribution in [0.1, 0.15) is 21.5 Å². The van der Waals surface area contributed by atoms with E-state index in [0.717, 1.165) is 16.9 Å². The molecule has 1 aliphatic heterocycles. The van der Waals surface area contributed by atoms with Gasteiger partial charge in [-0.3, -0.25) is 9.10 Å². The number of fused-ring (bicyclic) bond motifs is 1. The van der Waals surface area contributed by atoms with E-state index in [9.17, 15) is 13.2 Å². The first-order valence-corrected chi connectivity index (χ1v) is 11.4. The quantitative estimate of drug-likeness (QED) is 0.591. The highest BCUT2D eigenvalue weighted by molar-refractivity contribution is 7.92. The van der Waals surface area contributed by atoms with Crippen molar-refractivity contribution in [2.24, 2.45) is 0 Å². The molecule has 1 amide bonds. The Morgan fingerprint density at radius 1 is 1.03 bits per heavy atom. The molecule has 7 heteroatoms. The Hall–Kier alpha value is -3.32. The number of ether oxygens (including phenoxy) is 1. The fourth-order valence-electron chi connectivity index (χ4n) is 3.77. The van der Waals surface area contributed by atoms with Gasteiger partial charge in [-0.1, -0.05) is 30.3 Å². The molecule has 0 bridgehead atoms. The Morgan fingerprint density at radius 3 is 2.42 bits per heavy atom. The van der Waals surface area contributed by atoms with Crippen LogP contribution < -0.4 is 9.04 Å². The van der Waals surface area contributed by atoms with Crippen LogP contribution in [0.2, 0.25) is 0 Å². The summed E-state index contributed by atoms with van der Waals surface area (Å²) in [6.45, 7) is 0.834. The van der Waals surface area contributed by atoms with Crippen molar-refractivity contribution in [1.82, 2.24) is 4.90 Å². The number of nitrogens with zero attached hydrogens (tertiary/aromatic N) is 2. The van der Waals surface area contributed by atoms with Crippen molar-refractivity contribution in [3.8, 4) is 5.75 Å². The molecule has 0 atom stereocenters. The normalized spacial score (nSPS) is 13.0. The summed E-state index contributed by atoms with van der Waals surface area (Å²) in [5.74, 6) is 0.661. The molecule has 0 fully saturated rings. The predicted molar refractivity (Wildman–Crippen MR) is 120 cm³/mol. The van der Waals surface area contributed by atoms with Gasteiger partial charge >= 0.3 is 0 Å². The molecule has 4 rings (SSSR count). The van der Waals surface area contributed by atoms with Gasteiger partial charge in [0.1, 0.15) is 5.75 Å². The third kappa shape index (κ3) is 4.14. The maximum atomic E-state index is 13.0. The lowest BCUT2D eigenvalue weighted by molar-refractivity contribution is 0.0785. The lowest BCUT2D eigenvalue weighted by atomic mass is 10.1. The van der Waals surface area contributed by atoms with Crippen molar-refractivity contribution < 1.29 is 17.9 Å². The second-order valence-corrected chi connectivity index (χ2v) is 9.36. The average molecular weight is 437 g/mol. The van der Waals surface area contributed by atoms with Gasteiger partial charge in [-0.2, -0.15) is 0 Å². The summed E-state index contributed by atoms with van der Waals surface area (Å²) in [6, 6.07) is 21.2. The Kier molecular flexibility index (Phi) is 5.69. The van der Waals surface area contributed by atoms with Gasteiger partial charge in [0.05, 0.1) is 17.7 Å². The number of methoxy groups -OCH3 is 1. The second-order valence-electron chi connectivity index (χ2n) is 7.49. The first kappa shape index (κ1) is 20.9. The molecule has 0 saturated heterocycles. The number of carbonyl (C=O) groups excluding carboxylic acids is 1. The standard InChI is InChI=1S/C24H24N2O4S/c1-25(17-18-8-11-21(30-2)12-9-18)24(27)20-10-13-23-19(16-20)14-15-26(23)31(28,29)22-6-4-3-5-7-22/h3-13,16H,14-15,17H2,1-2H3. The predicted octanol–water partition coefficient (Wildman–Crippen LogP) is 3.72. The topological polar surface area (TPSA) is 66.9 Å². The maximum absolute atomic E-state index is 13.0. The van der Waals surface area contributed by atoms with Crippen LogP contribution in [-0.2, 0) is 23.0 Å².